The number of hydrogen-bond donors (Lipinski definition) is 0. The van der Waals surface area contributed by atoms with E-state index in [-0.39, 0.29) is 5.41 Å². The molecule has 0 spiro atoms. The van der Waals surface area contributed by atoms with Gasteiger partial charge in [0.25, 0.3) is 0 Å². The summed E-state index contributed by atoms with van der Waals surface area (Å²) in [6, 6.07) is 0. The smallest absolute Gasteiger partial charge is 0.126 e. The highest BCUT2D eigenvalue weighted by Gasteiger charge is 2.47. The van der Waals surface area contributed by atoms with Gasteiger partial charge < -0.3 is 4.79 Å². The van der Waals surface area contributed by atoms with Gasteiger partial charge in [0.2, 0.25) is 0 Å². The molecule has 0 N–H and O–H groups in total. The third-order valence-electron chi connectivity index (χ3n) is 3.65. The average Bonchev–Trinajstić information content (AvgIpc) is 1.86. The maximum absolute atomic E-state index is 10.8. The second-order valence-electron chi connectivity index (χ2n) is 4.33. The summed E-state index contributed by atoms with van der Waals surface area (Å²) in [5.74, 6) is 0. The highest BCUT2D eigenvalue weighted by Crippen LogP contribution is 2.55. The second kappa shape index (κ2) is 2.62. The van der Waals surface area contributed by atoms with E-state index in [0.29, 0.717) is 5.41 Å². The Hall–Kier alpha value is -0.330. The molecule has 0 unspecified atom stereocenters. The molecule has 0 heterocycles. The van der Waals surface area contributed by atoms with Crippen LogP contribution in [-0.4, -0.2) is 6.29 Å². The molecule has 1 saturated carbocycles. The SMILES string of the molecule is CCC1(C(C)(C)C=O)CCC1. The van der Waals surface area contributed by atoms with E-state index in [0.717, 1.165) is 12.7 Å². The first-order valence-electron chi connectivity index (χ1n) is 4.54. The Kier molecular flexibility index (Phi) is 2.08. The van der Waals surface area contributed by atoms with Gasteiger partial charge in [-0.05, 0) is 24.7 Å². The molecule has 0 saturated heterocycles. The summed E-state index contributed by atoms with van der Waals surface area (Å²) in [7, 11) is 0. The normalized spacial score (nSPS) is 22.5. The first-order chi connectivity index (χ1) is 5.08. The van der Waals surface area contributed by atoms with Crippen molar-refractivity contribution in [2.24, 2.45) is 10.8 Å². The molecule has 0 amide bonds. The molecule has 1 rings (SSSR count). The Morgan fingerprint density at radius 3 is 2.09 bits per heavy atom. The van der Waals surface area contributed by atoms with E-state index in [1.807, 2.05) is 0 Å². The van der Waals surface area contributed by atoms with Crippen molar-refractivity contribution in [3.05, 3.63) is 0 Å². The fourth-order valence-electron chi connectivity index (χ4n) is 2.18. The van der Waals surface area contributed by atoms with Crippen molar-refractivity contribution in [3.8, 4) is 0 Å². The minimum absolute atomic E-state index is 0.0972. The van der Waals surface area contributed by atoms with Gasteiger partial charge in [-0.1, -0.05) is 27.2 Å². The summed E-state index contributed by atoms with van der Waals surface area (Å²) in [6.07, 6.45) is 6.09. The summed E-state index contributed by atoms with van der Waals surface area (Å²) in [5.41, 5.74) is 0.245. The third kappa shape index (κ3) is 1.11. The van der Waals surface area contributed by atoms with Gasteiger partial charge in [0.1, 0.15) is 6.29 Å². The molecule has 64 valence electrons. The molecule has 11 heavy (non-hydrogen) atoms. The molecule has 0 radical (unpaired) electrons. The second-order valence-corrected chi connectivity index (χ2v) is 4.33. The molecule has 0 aromatic carbocycles. The van der Waals surface area contributed by atoms with Crippen molar-refractivity contribution >= 4 is 6.29 Å². The number of rotatable bonds is 3. The van der Waals surface area contributed by atoms with Crippen molar-refractivity contribution in [2.75, 3.05) is 0 Å². The van der Waals surface area contributed by atoms with Crippen LogP contribution in [0.5, 0.6) is 0 Å². The van der Waals surface area contributed by atoms with E-state index >= 15 is 0 Å². The molecule has 0 bridgehead atoms. The molecular formula is C10H18O. The highest BCUT2D eigenvalue weighted by atomic mass is 16.1. The number of carbonyl (C=O) groups excluding carboxylic acids is 1. The minimum Gasteiger partial charge on any atom is -0.303 e. The molecule has 0 aromatic rings. The average molecular weight is 154 g/mol. The fourth-order valence-corrected chi connectivity index (χ4v) is 2.18. The number of hydrogen-bond acceptors (Lipinski definition) is 1. The van der Waals surface area contributed by atoms with E-state index in [1.165, 1.54) is 19.3 Å². The Morgan fingerprint density at radius 1 is 1.45 bits per heavy atom. The van der Waals surface area contributed by atoms with Crippen molar-refractivity contribution in [1.82, 2.24) is 0 Å². The van der Waals surface area contributed by atoms with E-state index < -0.39 is 0 Å². The molecule has 1 fully saturated rings. The van der Waals surface area contributed by atoms with Gasteiger partial charge in [-0.2, -0.15) is 0 Å². The Morgan fingerprint density at radius 2 is 2.00 bits per heavy atom. The fraction of sp³-hybridized carbons (Fsp3) is 0.900. The maximum atomic E-state index is 10.8. The van der Waals surface area contributed by atoms with Crippen LogP contribution in [0.4, 0.5) is 0 Å². The Bertz CT molecular complexity index is 149. The molecule has 0 atom stereocenters. The Balaban J connectivity index is 2.75. The van der Waals surface area contributed by atoms with Crippen LogP contribution in [0.2, 0.25) is 0 Å². The van der Waals surface area contributed by atoms with Crippen LogP contribution in [0.15, 0.2) is 0 Å². The zero-order valence-corrected chi connectivity index (χ0v) is 7.81. The molecule has 1 heteroatoms. The lowest BCUT2D eigenvalue weighted by molar-refractivity contribution is -0.126. The topological polar surface area (TPSA) is 17.1 Å². The number of aldehydes is 1. The molecule has 1 nitrogen and oxygen atoms in total. The first-order valence-corrected chi connectivity index (χ1v) is 4.54. The maximum Gasteiger partial charge on any atom is 0.126 e. The largest absolute Gasteiger partial charge is 0.303 e. The van der Waals surface area contributed by atoms with Gasteiger partial charge in [0.05, 0.1) is 0 Å². The van der Waals surface area contributed by atoms with Gasteiger partial charge in [-0.25, -0.2) is 0 Å². The lowest BCUT2D eigenvalue weighted by Crippen LogP contribution is -2.43. The van der Waals surface area contributed by atoms with Crippen LogP contribution >= 0.6 is 0 Å². The van der Waals surface area contributed by atoms with E-state index in [9.17, 15) is 4.79 Å². The third-order valence-corrected chi connectivity index (χ3v) is 3.65. The van der Waals surface area contributed by atoms with Crippen LogP contribution in [0.1, 0.15) is 46.5 Å². The zero-order valence-electron chi connectivity index (χ0n) is 7.81. The number of carbonyl (C=O) groups is 1. The van der Waals surface area contributed by atoms with Gasteiger partial charge in [0.15, 0.2) is 0 Å². The Labute approximate surface area is 69.2 Å². The van der Waals surface area contributed by atoms with Crippen LogP contribution in [-0.2, 0) is 4.79 Å². The molecular weight excluding hydrogens is 136 g/mol. The van der Waals surface area contributed by atoms with Gasteiger partial charge in [-0.15, -0.1) is 0 Å². The monoisotopic (exact) mass is 154 g/mol. The quantitative estimate of drug-likeness (QED) is 0.571. The van der Waals surface area contributed by atoms with Crippen molar-refractivity contribution < 1.29 is 4.79 Å². The summed E-state index contributed by atoms with van der Waals surface area (Å²) < 4.78 is 0. The molecule has 0 aliphatic heterocycles. The summed E-state index contributed by atoms with van der Waals surface area (Å²) in [6.45, 7) is 6.34. The minimum atomic E-state index is -0.0972. The lowest BCUT2D eigenvalue weighted by atomic mass is 9.54. The molecule has 0 aromatic heterocycles. The van der Waals surface area contributed by atoms with Crippen LogP contribution < -0.4 is 0 Å². The van der Waals surface area contributed by atoms with Crippen LogP contribution in [0, 0.1) is 10.8 Å². The first kappa shape index (κ1) is 8.76. The van der Waals surface area contributed by atoms with E-state index in [2.05, 4.69) is 20.8 Å². The molecule has 1 aliphatic rings. The summed E-state index contributed by atoms with van der Waals surface area (Å²) in [4.78, 5) is 10.8. The lowest BCUT2D eigenvalue weighted by Gasteiger charge is -2.50. The van der Waals surface area contributed by atoms with Crippen molar-refractivity contribution in [2.45, 2.75) is 46.5 Å². The standard InChI is InChI=1S/C10H18O/c1-4-10(6-5-7-10)9(2,3)8-11/h8H,4-7H2,1-3H3. The molecule has 1 aliphatic carbocycles. The van der Waals surface area contributed by atoms with Crippen molar-refractivity contribution in [1.29, 1.82) is 0 Å². The van der Waals surface area contributed by atoms with Crippen LogP contribution in [0.3, 0.4) is 0 Å². The zero-order chi connectivity index (χ0) is 8.54. The van der Waals surface area contributed by atoms with Gasteiger partial charge >= 0.3 is 0 Å². The van der Waals surface area contributed by atoms with Crippen molar-refractivity contribution in [3.63, 3.8) is 0 Å². The summed E-state index contributed by atoms with van der Waals surface area (Å²) in [5, 5.41) is 0. The summed E-state index contributed by atoms with van der Waals surface area (Å²) >= 11 is 0. The predicted octanol–water partition coefficient (Wildman–Crippen LogP) is 2.79. The van der Waals surface area contributed by atoms with E-state index in [1.54, 1.807) is 0 Å². The predicted molar refractivity (Wildman–Crippen MR) is 46.4 cm³/mol. The van der Waals surface area contributed by atoms with Gasteiger partial charge in [0, 0.05) is 5.41 Å². The van der Waals surface area contributed by atoms with Crippen LogP contribution in [0.25, 0.3) is 0 Å². The van der Waals surface area contributed by atoms with Gasteiger partial charge in [-0.3, -0.25) is 0 Å². The highest BCUT2D eigenvalue weighted by molar-refractivity contribution is 5.60. The van der Waals surface area contributed by atoms with E-state index in [4.69, 9.17) is 0 Å².